The lowest BCUT2D eigenvalue weighted by Crippen LogP contribution is -2.75. The standard InChI is InChI=1S/C29H40FN6O/c1-33(29-32-27(37)15-20-36(29)18-5-2-6-19-36)24-13-16-34(17-14-24)28-31-25-7-3-4-8-26(25)35(28)21-22-9-11-23(30)12-10-22/h3-4,7-12,24,27,29,32,37H,2,5-6,13-21H2,1H3/q+1. The highest BCUT2D eigenvalue weighted by molar-refractivity contribution is 5.79. The van der Waals surface area contributed by atoms with Gasteiger partial charge >= 0.3 is 0 Å². The second-order valence-corrected chi connectivity index (χ2v) is 11.3. The van der Waals surface area contributed by atoms with Gasteiger partial charge in [0.05, 0.1) is 37.2 Å². The molecule has 3 saturated heterocycles. The van der Waals surface area contributed by atoms with Gasteiger partial charge in [0, 0.05) is 25.6 Å². The van der Waals surface area contributed by atoms with Gasteiger partial charge in [-0.05, 0) is 69.0 Å². The number of aliphatic hydroxyl groups excluding tert-OH is 1. The van der Waals surface area contributed by atoms with E-state index in [1.54, 1.807) is 0 Å². The van der Waals surface area contributed by atoms with Crippen LogP contribution in [0, 0.1) is 5.82 Å². The minimum atomic E-state index is -0.412. The number of nitrogens with one attached hydrogen (secondary N) is 1. The highest BCUT2D eigenvalue weighted by atomic mass is 19.1. The summed E-state index contributed by atoms with van der Waals surface area (Å²) in [7, 11) is 2.26. The Morgan fingerprint density at radius 3 is 2.49 bits per heavy atom. The third kappa shape index (κ3) is 4.88. The highest BCUT2D eigenvalue weighted by Crippen LogP contribution is 2.32. The highest BCUT2D eigenvalue weighted by Gasteiger charge is 2.46. The number of aliphatic hydroxyl groups is 1. The summed E-state index contributed by atoms with van der Waals surface area (Å²) in [6.45, 7) is 6.03. The smallest absolute Gasteiger partial charge is 0.206 e. The van der Waals surface area contributed by atoms with E-state index in [0.29, 0.717) is 12.6 Å². The number of nitrogens with zero attached hydrogens (tertiary/aromatic N) is 5. The molecule has 0 radical (unpaired) electrons. The first kappa shape index (κ1) is 24.8. The van der Waals surface area contributed by atoms with Crippen LogP contribution in [0.1, 0.15) is 44.1 Å². The Bertz CT molecular complexity index is 1200. The fraction of sp³-hybridized carbons (Fsp3) is 0.552. The van der Waals surface area contributed by atoms with Gasteiger partial charge in [0.25, 0.3) is 0 Å². The van der Waals surface area contributed by atoms with E-state index in [-0.39, 0.29) is 12.1 Å². The Hall–Kier alpha value is -2.52. The molecule has 3 aliphatic heterocycles. The van der Waals surface area contributed by atoms with Crippen LogP contribution in [0.15, 0.2) is 48.5 Å². The summed E-state index contributed by atoms with van der Waals surface area (Å²) in [6.07, 6.45) is 6.63. The zero-order valence-corrected chi connectivity index (χ0v) is 21.9. The minimum absolute atomic E-state index is 0.184. The van der Waals surface area contributed by atoms with Gasteiger partial charge in [0.15, 0.2) is 0 Å². The average molecular weight is 508 g/mol. The average Bonchev–Trinajstić information content (AvgIpc) is 3.30. The number of benzene rings is 2. The lowest BCUT2D eigenvalue weighted by molar-refractivity contribution is -0.975. The van der Waals surface area contributed by atoms with Crippen molar-refractivity contribution in [3.05, 3.63) is 59.9 Å². The number of aromatic nitrogens is 2. The van der Waals surface area contributed by atoms with Crippen molar-refractivity contribution >= 4 is 17.0 Å². The number of anilines is 1. The Labute approximate surface area is 219 Å². The molecule has 3 aromatic rings. The summed E-state index contributed by atoms with van der Waals surface area (Å²) in [5.41, 5.74) is 3.17. The molecule has 3 aliphatic rings. The second-order valence-electron chi connectivity index (χ2n) is 11.3. The van der Waals surface area contributed by atoms with Gasteiger partial charge in [-0.25, -0.2) is 19.6 Å². The Balaban J connectivity index is 1.20. The van der Waals surface area contributed by atoms with Crippen LogP contribution in [0.5, 0.6) is 0 Å². The number of hydrogen-bond donors (Lipinski definition) is 2. The third-order valence-electron chi connectivity index (χ3n) is 9.01. The first-order valence-electron chi connectivity index (χ1n) is 14.0. The van der Waals surface area contributed by atoms with Crippen LogP contribution in [-0.2, 0) is 6.54 Å². The van der Waals surface area contributed by atoms with E-state index in [0.717, 1.165) is 65.9 Å². The molecular formula is C29H40FN6O+. The van der Waals surface area contributed by atoms with Gasteiger partial charge in [-0.15, -0.1) is 0 Å². The van der Waals surface area contributed by atoms with Crippen LogP contribution >= 0.6 is 0 Å². The maximum Gasteiger partial charge on any atom is 0.206 e. The predicted octanol–water partition coefficient (Wildman–Crippen LogP) is 3.72. The molecule has 2 N–H and O–H groups in total. The SMILES string of the molecule is CN(C1CCN(c2nc3ccccc3n2Cc2ccc(F)cc2)CC1)C1NC(O)CC[N+]12CCCCC2. The molecule has 3 fully saturated rings. The molecule has 4 heterocycles. The molecular weight excluding hydrogens is 467 g/mol. The van der Waals surface area contributed by atoms with Gasteiger partial charge in [-0.3, -0.25) is 4.48 Å². The van der Waals surface area contributed by atoms with E-state index < -0.39 is 6.23 Å². The maximum absolute atomic E-state index is 13.5. The number of para-hydroxylation sites is 2. The van der Waals surface area contributed by atoms with Crippen molar-refractivity contribution in [2.75, 3.05) is 44.7 Å². The second kappa shape index (κ2) is 10.3. The molecule has 2 unspecified atom stereocenters. The molecule has 37 heavy (non-hydrogen) atoms. The molecule has 0 amide bonds. The summed E-state index contributed by atoms with van der Waals surface area (Å²) in [5.74, 6) is 0.789. The van der Waals surface area contributed by atoms with Crippen molar-refractivity contribution in [1.82, 2.24) is 19.8 Å². The van der Waals surface area contributed by atoms with Crippen LogP contribution in [0.4, 0.5) is 10.3 Å². The molecule has 0 saturated carbocycles. The fourth-order valence-electron chi connectivity index (χ4n) is 6.93. The first-order valence-corrected chi connectivity index (χ1v) is 14.0. The van der Waals surface area contributed by atoms with Crippen molar-refractivity contribution < 1.29 is 14.0 Å². The zero-order valence-electron chi connectivity index (χ0n) is 21.9. The van der Waals surface area contributed by atoms with E-state index in [2.05, 4.69) is 44.9 Å². The molecule has 198 valence electrons. The van der Waals surface area contributed by atoms with E-state index in [1.807, 2.05) is 18.2 Å². The Morgan fingerprint density at radius 2 is 1.73 bits per heavy atom. The number of hydrogen-bond acceptors (Lipinski definition) is 5. The van der Waals surface area contributed by atoms with Crippen LogP contribution in [-0.4, -0.2) is 82.4 Å². The largest absolute Gasteiger partial charge is 0.378 e. The van der Waals surface area contributed by atoms with E-state index >= 15 is 0 Å². The molecule has 6 rings (SSSR count). The lowest BCUT2D eigenvalue weighted by Gasteiger charge is -2.55. The quantitative estimate of drug-likeness (QED) is 0.516. The molecule has 2 aromatic carbocycles. The van der Waals surface area contributed by atoms with Crippen LogP contribution < -0.4 is 10.2 Å². The van der Waals surface area contributed by atoms with E-state index in [9.17, 15) is 9.50 Å². The molecule has 0 aliphatic carbocycles. The van der Waals surface area contributed by atoms with Crippen molar-refractivity contribution in [2.24, 2.45) is 0 Å². The maximum atomic E-state index is 13.5. The topological polar surface area (TPSA) is 56.6 Å². The van der Waals surface area contributed by atoms with E-state index in [1.165, 1.54) is 44.5 Å². The normalized spacial score (nSPS) is 24.8. The number of halogens is 1. The van der Waals surface area contributed by atoms with Crippen LogP contribution in [0.2, 0.25) is 0 Å². The van der Waals surface area contributed by atoms with Gasteiger partial charge in [-0.2, -0.15) is 0 Å². The molecule has 1 spiro atoms. The fourth-order valence-corrected chi connectivity index (χ4v) is 6.93. The van der Waals surface area contributed by atoms with Gasteiger partial charge in [0.2, 0.25) is 12.2 Å². The van der Waals surface area contributed by atoms with Crippen molar-refractivity contribution in [1.29, 1.82) is 0 Å². The third-order valence-corrected chi connectivity index (χ3v) is 9.01. The lowest BCUT2D eigenvalue weighted by atomic mass is 10.0. The minimum Gasteiger partial charge on any atom is -0.378 e. The number of piperidine rings is 2. The van der Waals surface area contributed by atoms with Crippen LogP contribution in [0.25, 0.3) is 11.0 Å². The summed E-state index contributed by atoms with van der Waals surface area (Å²) in [4.78, 5) is 9.99. The number of fused-ring (bicyclic) bond motifs is 1. The summed E-state index contributed by atoms with van der Waals surface area (Å²) >= 11 is 0. The van der Waals surface area contributed by atoms with Crippen molar-refractivity contribution in [3.8, 4) is 0 Å². The molecule has 7 nitrogen and oxygen atoms in total. The summed E-state index contributed by atoms with van der Waals surface area (Å²) in [5, 5.41) is 14.1. The number of quaternary nitrogens is 1. The first-order chi connectivity index (χ1) is 18.0. The molecule has 8 heteroatoms. The summed E-state index contributed by atoms with van der Waals surface area (Å²) in [6, 6.07) is 15.5. The predicted molar refractivity (Wildman–Crippen MR) is 144 cm³/mol. The van der Waals surface area contributed by atoms with Gasteiger partial charge in [0.1, 0.15) is 12.0 Å². The van der Waals surface area contributed by atoms with Crippen molar-refractivity contribution in [2.45, 2.75) is 63.6 Å². The molecule has 1 aromatic heterocycles. The monoisotopic (exact) mass is 507 g/mol. The zero-order chi connectivity index (χ0) is 25.4. The Morgan fingerprint density at radius 1 is 1.00 bits per heavy atom. The van der Waals surface area contributed by atoms with Gasteiger partial charge in [-0.1, -0.05) is 24.3 Å². The molecule has 2 atom stereocenters. The molecule has 0 bridgehead atoms. The van der Waals surface area contributed by atoms with E-state index in [4.69, 9.17) is 4.98 Å². The van der Waals surface area contributed by atoms with Crippen molar-refractivity contribution in [3.63, 3.8) is 0 Å². The van der Waals surface area contributed by atoms with Crippen LogP contribution in [0.3, 0.4) is 0 Å². The summed E-state index contributed by atoms with van der Waals surface area (Å²) < 4.78 is 16.9. The number of imidazole rings is 1. The number of rotatable bonds is 5. The Kier molecular flexibility index (Phi) is 6.92. The van der Waals surface area contributed by atoms with Gasteiger partial charge < -0.3 is 14.6 Å².